The molecule has 1 heterocycles. The Morgan fingerprint density at radius 3 is 3.00 bits per heavy atom. The van der Waals surface area contributed by atoms with Gasteiger partial charge in [-0.1, -0.05) is 0 Å². The smallest absolute Gasteiger partial charge is 0.309 e. The van der Waals surface area contributed by atoms with Crippen molar-refractivity contribution in [1.82, 2.24) is 0 Å². The highest BCUT2D eigenvalue weighted by Gasteiger charge is 2.33. The second-order valence-electron chi connectivity index (χ2n) is 2.62. The van der Waals surface area contributed by atoms with Gasteiger partial charge in [-0.3, -0.25) is 4.79 Å². The highest BCUT2D eigenvalue weighted by molar-refractivity contribution is 6.17. The van der Waals surface area contributed by atoms with Crippen molar-refractivity contribution in [3.63, 3.8) is 0 Å². The van der Waals surface area contributed by atoms with Gasteiger partial charge in [0.1, 0.15) is 0 Å². The number of rotatable bonds is 3. The molecule has 2 atom stereocenters. The van der Waals surface area contributed by atoms with Crippen molar-refractivity contribution < 1.29 is 14.6 Å². The van der Waals surface area contributed by atoms with Crippen molar-refractivity contribution >= 4 is 17.6 Å². The van der Waals surface area contributed by atoms with Crippen LogP contribution in [0.2, 0.25) is 0 Å². The van der Waals surface area contributed by atoms with Gasteiger partial charge in [-0.2, -0.15) is 0 Å². The van der Waals surface area contributed by atoms with Crippen LogP contribution in [0.4, 0.5) is 0 Å². The molecule has 0 aromatic carbocycles. The maximum atomic E-state index is 10.6. The van der Waals surface area contributed by atoms with E-state index in [9.17, 15) is 4.79 Å². The number of carbonyl (C=O) groups is 1. The van der Waals surface area contributed by atoms with Crippen LogP contribution in [0.15, 0.2) is 0 Å². The topological polar surface area (TPSA) is 46.5 Å². The van der Waals surface area contributed by atoms with Crippen LogP contribution < -0.4 is 0 Å². The summed E-state index contributed by atoms with van der Waals surface area (Å²) in [6, 6.07) is 0. The van der Waals surface area contributed by atoms with Crippen LogP contribution in [-0.4, -0.2) is 29.7 Å². The Balaban J connectivity index is 2.44. The fraction of sp³-hybridized carbons (Fsp3) is 0.857. The molecule has 0 bridgehead atoms. The van der Waals surface area contributed by atoms with Gasteiger partial charge in [-0.25, -0.2) is 0 Å². The van der Waals surface area contributed by atoms with Crippen LogP contribution in [0.1, 0.15) is 12.8 Å². The van der Waals surface area contributed by atoms with E-state index in [1.807, 2.05) is 0 Å². The molecule has 1 fully saturated rings. The lowest BCUT2D eigenvalue weighted by Gasteiger charge is -2.12. The lowest BCUT2D eigenvalue weighted by atomic mass is 10.0. The summed E-state index contributed by atoms with van der Waals surface area (Å²) in [7, 11) is 0. The van der Waals surface area contributed by atoms with E-state index in [0.29, 0.717) is 25.3 Å². The number of ether oxygens (including phenoxy) is 1. The number of carboxylic acids is 1. The van der Waals surface area contributed by atoms with Crippen molar-refractivity contribution in [1.29, 1.82) is 0 Å². The molecule has 0 amide bonds. The zero-order chi connectivity index (χ0) is 8.27. The molecule has 1 rings (SSSR count). The van der Waals surface area contributed by atoms with Crippen molar-refractivity contribution in [2.75, 3.05) is 12.5 Å². The maximum absolute atomic E-state index is 10.6. The van der Waals surface area contributed by atoms with E-state index in [0.717, 1.165) is 0 Å². The molecule has 1 aliphatic heterocycles. The van der Waals surface area contributed by atoms with Gasteiger partial charge in [0.25, 0.3) is 0 Å². The second kappa shape index (κ2) is 3.93. The number of aliphatic carboxylic acids is 1. The summed E-state index contributed by atoms with van der Waals surface area (Å²) >= 11 is 5.48. The molecule has 1 aliphatic rings. The minimum absolute atomic E-state index is 0.162. The predicted octanol–water partition coefficient (Wildman–Crippen LogP) is 1.11. The minimum Gasteiger partial charge on any atom is -0.481 e. The highest BCUT2D eigenvalue weighted by Crippen LogP contribution is 2.23. The molecular formula is C7H11ClO3. The van der Waals surface area contributed by atoms with E-state index in [1.165, 1.54) is 0 Å². The average Bonchev–Trinajstić information content (AvgIpc) is 2.36. The first-order valence-corrected chi connectivity index (χ1v) is 4.19. The van der Waals surface area contributed by atoms with Crippen molar-refractivity contribution in [2.45, 2.75) is 18.9 Å². The Morgan fingerprint density at radius 2 is 2.45 bits per heavy atom. The molecule has 0 spiro atoms. The zero-order valence-corrected chi connectivity index (χ0v) is 6.88. The van der Waals surface area contributed by atoms with Crippen molar-refractivity contribution in [3.8, 4) is 0 Å². The lowest BCUT2D eigenvalue weighted by Crippen LogP contribution is -2.24. The fourth-order valence-corrected chi connectivity index (χ4v) is 1.54. The molecule has 0 saturated carbocycles. The van der Waals surface area contributed by atoms with Gasteiger partial charge < -0.3 is 9.84 Å². The first-order chi connectivity index (χ1) is 5.25. The van der Waals surface area contributed by atoms with Gasteiger partial charge in [0, 0.05) is 12.5 Å². The van der Waals surface area contributed by atoms with Gasteiger partial charge in [-0.15, -0.1) is 11.6 Å². The summed E-state index contributed by atoms with van der Waals surface area (Å²) in [5, 5.41) is 8.69. The Bertz CT molecular complexity index is 149. The van der Waals surface area contributed by atoms with E-state index in [2.05, 4.69) is 0 Å². The van der Waals surface area contributed by atoms with Crippen LogP contribution >= 0.6 is 11.6 Å². The number of halogens is 1. The molecule has 0 aromatic rings. The number of hydrogen-bond acceptors (Lipinski definition) is 2. The summed E-state index contributed by atoms with van der Waals surface area (Å²) < 4.78 is 5.20. The predicted molar refractivity (Wildman–Crippen MR) is 40.8 cm³/mol. The monoisotopic (exact) mass is 178 g/mol. The zero-order valence-electron chi connectivity index (χ0n) is 6.12. The third-order valence-corrected chi connectivity index (χ3v) is 2.14. The van der Waals surface area contributed by atoms with Crippen molar-refractivity contribution in [3.05, 3.63) is 0 Å². The maximum Gasteiger partial charge on any atom is 0.309 e. The molecule has 11 heavy (non-hydrogen) atoms. The standard InChI is InChI=1S/C7H11ClO3/c8-3-1-6-5(7(9)10)2-4-11-6/h5-6H,1-4H2,(H,9,10). The van der Waals surface area contributed by atoms with Crippen LogP contribution in [-0.2, 0) is 9.53 Å². The molecule has 1 N–H and O–H groups in total. The minimum atomic E-state index is -0.766. The van der Waals surface area contributed by atoms with Crippen LogP contribution in [0.5, 0.6) is 0 Å². The Morgan fingerprint density at radius 1 is 1.73 bits per heavy atom. The van der Waals surface area contributed by atoms with E-state index in [-0.39, 0.29) is 12.0 Å². The molecule has 2 unspecified atom stereocenters. The lowest BCUT2D eigenvalue weighted by molar-refractivity contribution is -0.143. The highest BCUT2D eigenvalue weighted by atomic mass is 35.5. The number of alkyl halides is 1. The summed E-state index contributed by atoms with van der Waals surface area (Å²) in [5.74, 6) is -0.639. The van der Waals surface area contributed by atoms with Gasteiger partial charge in [-0.05, 0) is 12.8 Å². The van der Waals surface area contributed by atoms with Gasteiger partial charge >= 0.3 is 5.97 Å². The SMILES string of the molecule is O=C(O)C1CCOC1CCCl. The fourth-order valence-electron chi connectivity index (χ4n) is 1.32. The van der Waals surface area contributed by atoms with Gasteiger partial charge in [0.2, 0.25) is 0 Å². The molecule has 64 valence electrons. The third-order valence-electron chi connectivity index (χ3n) is 1.92. The molecule has 4 heteroatoms. The van der Waals surface area contributed by atoms with Crippen LogP contribution in [0.3, 0.4) is 0 Å². The average molecular weight is 179 g/mol. The molecule has 0 aromatic heterocycles. The Labute approximate surface area is 70.3 Å². The molecule has 0 radical (unpaired) electrons. The summed E-state index contributed by atoms with van der Waals surface area (Å²) in [5.41, 5.74) is 0. The first-order valence-electron chi connectivity index (χ1n) is 3.66. The van der Waals surface area contributed by atoms with Crippen LogP contribution in [0.25, 0.3) is 0 Å². The second-order valence-corrected chi connectivity index (χ2v) is 3.00. The van der Waals surface area contributed by atoms with E-state index >= 15 is 0 Å². The van der Waals surface area contributed by atoms with Gasteiger partial charge in [0.15, 0.2) is 0 Å². The molecule has 3 nitrogen and oxygen atoms in total. The quantitative estimate of drug-likeness (QED) is 0.659. The first kappa shape index (κ1) is 8.81. The Hall–Kier alpha value is -0.280. The van der Waals surface area contributed by atoms with Crippen LogP contribution in [0, 0.1) is 5.92 Å². The number of hydrogen-bond donors (Lipinski definition) is 1. The molecule has 0 aliphatic carbocycles. The summed E-state index contributed by atoms with van der Waals surface area (Å²) in [6.07, 6.45) is 1.10. The summed E-state index contributed by atoms with van der Waals surface area (Å²) in [6.45, 7) is 0.554. The molecular weight excluding hydrogens is 168 g/mol. The number of carboxylic acid groups (broad SMARTS) is 1. The third kappa shape index (κ3) is 2.07. The van der Waals surface area contributed by atoms with E-state index in [1.54, 1.807) is 0 Å². The van der Waals surface area contributed by atoms with E-state index in [4.69, 9.17) is 21.4 Å². The molecule has 1 saturated heterocycles. The summed E-state index contributed by atoms with van der Waals surface area (Å²) in [4.78, 5) is 10.6. The van der Waals surface area contributed by atoms with Gasteiger partial charge in [0.05, 0.1) is 12.0 Å². The Kier molecular flexibility index (Phi) is 3.15. The normalized spacial score (nSPS) is 30.6. The van der Waals surface area contributed by atoms with Crippen molar-refractivity contribution in [2.24, 2.45) is 5.92 Å². The van der Waals surface area contributed by atoms with E-state index < -0.39 is 5.97 Å². The largest absolute Gasteiger partial charge is 0.481 e.